The van der Waals surface area contributed by atoms with Gasteiger partial charge in [0, 0.05) is 14.9 Å². The monoisotopic (exact) mass is 197 g/mol. The van der Waals surface area contributed by atoms with Crippen LogP contribution in [0.5, 0.6) is 0 Å². The molecule has 0 atom stereocenters. The normalized spacial score (nSPS) is 10.5. The number of fused-ring (bicyclic) bond motifs is 1. The quantitative estimate of drug-likeness (QED) is 0.517. The lowest BCUT2D eigenvalue weighted by atomic mass is 10.3. The second-order valence-corrected chi connectivity index (χ2v) is 2.91. The molecule has 2 aromatic rings. The molecule has 1 heterocycles. The van der Waals surface area contributed by atoms with Crippen LogP contribution in [0.3, 0.4) is 0 Å². The van der Waals surface area contributed by atoms with Gasteiger partial charge < -0.3 is 10.1 Å². The van der Waals surface area contributed by atoms with Gasteiger partial charge in [0.05, 0.1) is 10.4 Å². The summed E-state index contributed by atoms with van der Waals surface area (Å²) in [4.78, 5) is 11.1. The van der Waals surface area contributed by atoms with Gasteiger partial charge in [0.2, 0.25) is 0 Å². The average Bonchev–Trinajstić information content (AvgIpc) is 2.46. The zero-order valence-electron chi connectivity index (χ0n) is 6.35. The molecule has 0 bridgehead atoms. The molecule has 0 aliphatic carbocycles. The summed E-state index contributed by atoms with van der Waals surface area (Å²) in [5.41, 5.74) is 0.439. The Hall–Kier alpha value is -1.62. The predicted molar refractivity (Wildman–Crippen MR) is 47.1 cm³/mol. The number of hydrogen-bond donors (Lipinski definition) is 0. The maximum atomic E-state index is 10.4. The SMILES string of the molecule is O=[N+]([O-])n1ncc2cc(Cl)ccc21. The third-order valence-corrected chi connectivity index (χ3v) is 1.90. The van der Waals surface area contributed by atoms with Crippen molar-refractivity contribution in [2.45, 2.75) is 0 Å². The molecule has 2 rings (SSSR count). The van der Waals surface area contributed by atoms with Crippen molar-refractivity contribution in [3.8, 4) is 0 Å². The molecule has 0 amide bonds. The summed E-state index contributed by atoms with van der Waals surface area (Å²) in [6.07, 6.45) is 1.41. The topological polar surface area (TPSA) is 61.0 Å². The van der Waals surface area contributed by atoms with Crippen LogP contribution in [-0.2, 0) is 0 Å². The highest BCUT2D eigenvalue weighted by Crippen LogP contribution is 2.18. The minimum Gasteiger partial charge on any atom is -0.339 e. The molecule has 13 heavy (non-hydrogen) atoms. The van der Waals surface area contributed by atoms with Crippen molar-refractivity contribution < 1.29 is 5.03 Å². The number of hydrogen-bond acceptors (Lipinski definition) is 3. The van der Waals surface area contributed by atoms with Gasteiger partial charge >= 0.3 is 0 Å². The molecule has 0 saturated carbocycles. The summed E-state index contributed by atoms with van der Waals surface area (Å²) in [7, 11) is 0. The Labute approximate surface area is 77.6 Å². The van der Waals surface area contributed by atoms with Crippen molar-refractivity contribution in [3.63, 3.8) is 0 Å². The van der Waals surface area contributed by atoms with E-state index in [1.165, 1.54) is 6.20 Å². The molecule has 1 aromatic carbocycles. The molecular weight excluding hydrogens is 194 g/mol. The molecule has 0 radical (unpaired) electrons. The van der Waals surface area contributed by atoms with Gasteiger partial charge in [-0.1, -0.05) is 11.6 Å². The molecule has 0 saturated heterocycles. The Morgan fingerprint density at radius 2 is 2.31 bits per heavy atom. The van der Waals surface area contributed by atoms with E-state index in [2.05, 4.69) is 5.10 Å². The summed E-state index contributed by atoms with van der Waals surface area (Å²) in [6.45, 7) is 0. The van der Waals surface area contributed by atoms with Gasteiger partial charge in [-0.2, -0.15) is 0 Å². The number of halogens is 1. The molecule has 66 valence electrons. The van der Waals surface area contributed by atoms with Crippen LogP contribution in [0.25, 0.3) is 10.9 Å². The van der Waals surface area contributed by atoms with Crippen LogP contribution < -0.4 is 0 Å². The lowest BCUT2D eigenvalue weighted by Crippen LogP contribution is -2.09. The van der Waals surface area contributed by atoms with E-state index in [4.69, 9.17) is 11.6 Å². The Balaban J connectivity index is 2.76. The fourth-order valence-corrected chi connectivity index (χ4v) is 1.30. The van der Waals surface area contributed by atoms with E-state index in [1.807, 2.05) is 0 Å². The van der Waals surface area contributed by atoms with Crippen LogP contribution in [0.4, 0.5) is 0 Å². The van der Waals surface area contributed by atoms with Crippen LogP contribution >= 0.6 is 11.6 Å². The van der Waals surface area contributed by atoms with E-state index >= 15 is 0 Å². The molecule has 6 heteroatoms. The van der Waals surface area contributed by atoms with Gasteiger partial charge in [-0.25, -0.2) is 0 Å². The van der Waals surface area contributed by atoms with Crippen molar-refractivity contribution in [2.75, 3.05) is 0 Å². The first-order valence-corrected chi connectivity index (χ1v) is 3.84. The summed E-state index contributed by atoms with van der Waals surface area (Å²) >= 11 is 5.70. The van der Waals surface area contributed by atoms with E-state index in [9.17, 15) is 10.1 Å². The van der Waals surface area contributed by atoms with Crippen LogP contribution in [0.2, 0.25) is 5.02 Å². The molecule has 1 aromatic heterocycles. The number of nitro groups is 1. The second kappa shape index (κ2) is 2.70. The molecule has 0 fully saturated rings. The largest absolute Gasteiger partial charge is 0.339 e. The summed E-state index contributed by atoms with van der Waals surface area (Å²) in [5.74, 6) is 0. The first kappa shape index (κ1) is 8.00. The van der Waals surface area contributed by atoms with Crippen molar-refractivity contribution in [1.29, 1.82) is 0 Å². The number of rotatable bonds is 1. The average molecular weight is 198 g/mol. The number of aromatic nitrogens is 2. The van der Waals surface area contributed by atoms with E-state index in [0.29, 0.717) is 20.7 Å². The fourth-order valence-electron chi connectivity index (χ4n) is 1.12. The van der Waals surface area contributed by atoms with Gasteiger partial charge in [-0.05, 0) is 18.2 Å². The van der Waals surface area contributed by atoms with Gasteiger partial charge in [0.15, 0.2) is 6.20 Å². The first-order valence-electron chi connectivity index (χ1n) is 3.46. The Morgan fingerprint density at radius 1 is 1.54 bits per heavy atom. The highest BCUT2D eigenvalue weighted by atomic mass is 35.5. The van der Waals surface area contributed by atoms with Gasteiger partial charge in [-0.15, -0.1) is 0 Å². The van der Waals surface area contributed by atoms with Crippen LogP contribution in [0, 0.1) is 10.1 Å². The van der Waals surface area contributed by atoms with Crippen LogP contribution in [0.1, 0.15) is 0 Å². The third-order valence-electron chi connectivity index (χ3n) is 1.67. The van der Waals surface area contributed by atoms with Crippen molar-refractivity contribution in [1.82, 2.24) is 9.89 Å². The van der Waals surface area contributed by atoms with Crippen LogP contribution in [-0.4, -0.2) is 14.9 Å². The lowest BCUT2D eigenvalue weighted by molar-refractivity contribution is -0.548. The maximum absolute atomic E-state index is 10.4. The first-order chi connectivity index (χ1) is 6.18. The smallest absolute Gasteiger partial charge is 0.175 e. The van der Waals surface area contributed by atoms with Crippen LogP contribution in [0.15, 0.2) is 24.4 Å². The number of nitrogens with zero attached hydrogens (tertiary/aromatic N) is 3. The van der Waals surface area contributed by atoms with Crippen molar-refractivity contribution >= 4 is 22.5 Å². The number of benzene rings is 1. The van der Waals surface area contributed by atoms with E-state index in [1.54, 1.807) is 18.2 Å². The van der Waals surface area contributed by atoms with Gasteiger partial charge in [0.25, 0.3) is 0 Å². The predicted octanol–water partition coefficient (Wildman–Crippen LogP) is 1.73. The summed E-state index contributed by atoms with van der Waals surface area (Å²) < 4.78 is 0. The molecular formula is C7H4ClN3O2. The van der Waals surface area contributed by atoms with E-state index in [-0.39, 0.29) is 0 Å². The van der Waals surface area contributed by atoms with E-state index < -0.39 is 5.03 Å². The molecule has 5 nitrogen and oxygen atoms in total. The molecule has 0 aliphatic heterocycles. The van der Waals surface area contributed by atoms with Crippen molar-refractivity contribution in [2.24, 2.45) is 0 Å². The molecule has 0 unspecified atom stereocenters. The minimum absolute atomic E-state index is 0.439. The highest BCUT2D eigenvalue weighted by Gasteiger charge is 2.10. The Kier molecular flexibility index (Phi) is 1.66. The van der Waals surface area contributed by atoms with E-state index in [0.717, 1.165) is 0 Å². The molecule has 0 aliphatic rings. The van der Waals surface area contributed by atoms with Gasteiger partial charge in [0.1, 0.15) is 5.52 Å². The summed E-state index contributed by atoms with van der Waals surface area (Å²) in [5, 5.41) is 14.6. The second-order valence-electron chi connectivity index (χ2n) is 2.47. The minimum atomic E-state index is -0.587. The molecule has 0 spiro atoms. The maximum Gasteiger partial charge on any atom is 0.175 e. The molecule has 0 N–H and O–H groups in total. The fraction of sp³-hybridized carbons (Fsp3) is 0. The third kappa shape index (κ3) is 1.23. The zero-order chi connectivity index (χ0) is 9.42. The highest BCUT2D eigenvalue weighted by molar-refractivity contribution is 6.31. The Morgan fingerprint density at radius 3 is 3.00 bits per heavy atom. The van der Waals surface area contributed by atoms with Crippen molar-refractivity contribution in [3.05, 3.63) is 39.5 Å². The zero-order valence-corrected chi connectivity index (χ0v) is 7.10. The lowest BCUT2D eigenvalue weighted by Gasteiger charge is -1.93. The summed E-state index contributed by atoms with van der Waals surface area (Å²) in [6, 6.07) is 4.78. The van der Waals surface area contributed by atoms with Gasteiger partial charge in [-0.3, -0.25) is 0 Å². The Bertz CT molecular complexity index is 480. The standard InChI is InChI=1S/C7H4ClN3O2/c8-6-1-2-7-5(3-6)4-9-10(7)11(12)13/h1-4H.